The van der Waals surface area contributed by atoms with Crippen molar-refractivity contribution < 1.29 is 0 Å². The van der Waals surface area contributed by atoms with Crippen LogP contribution in [0.15, 0.2) is 24.3 Å². The number of halogens is 2. The molecule has 0 N–H and O–H groups in total. The van der Waals surface area contributed by atoms with Crippen LogP contribution >= 0.6 is 23.2 Å². The first-order valence-corrected chi connectivity index (χ1v) is 6.98. The normalized spacial score (nSPS) is 12.7. The van der Waals surface area contributed by atoms with Crippen LogP contribution in [0.5, 0.6) is 0 Å². The number of benzene rings is 1. The summed E-state index contributed by atoms with van der Waals surface area (Å²) in [5.74, 6) is 1.34. The molecule has 16 heavy (non-hydrogen) atoms. The maximum atomic E-state index is 6.00. The van der Waals surface area contributed by atoms with E-state index >= 15 is 0 Å². The van der Waals surface area contributed by atoms with E-state index in [1.807, 2.05) is 18.2 Å². The second kappa shape index (κ2) is 7.97. The van der Waals surface area contributed by atoms with E-state index in [0.717, 1.165) is 17.3 Å². The summed E-state index contributed by atoms with van der Waals surface area (Å²) < 4.78 is 0. The Bertz CT molecular complexity index is 297. The Balaban J connectivity index is 2.43. The van der Waals surface area contributed by atoms with E-state index in [9.17, 15) is 0 Å². The summed E-state index contributed by atoms with van der Waals surface area (Å²) in [6.45, 7) is 2.23. The summed E-state index contributed by atoms with van der Waals surface area (Å²) in [5.41, 5.74) is 1.30. The molecule has 0 fully saturated rings. The van der Waals surface area contributed by atoms with E-state index < -0.39 is 0 Å². The first kappa shape index (κ1) is 13.9. The largest absolute Gasteiger partial charge is 0.126 e. The van der Waals surface area contributed by atoms with Gasteiger partial charge in [0.15, 0.2) is 0 Å². The molecule has 0 spiro atoms. The second-order valence-electron chi connectivity index (χ2n) is 4.35. The Morgan fingerprint density at radius 1 is 1.25 bits per heavy atom. The average molecular weight is 259 g/mol. The van der Waals surface area contributed by atoms with Crippen LogP contribution in [-0.2, 0) is 6.42 Å². The monoisotopic (exact) mass is 258 g/mol. The maximum Gasteiger partial charge on any atom is 0.0408 e. The van der Waals surface area contributed by atoms with Crippen molar-refractivity contribution in [2.24, 2.45) is 5.92 Å². The van der Waals surface area contributed by atoms with Gasteiger partial charge in [-0.25, -0.2) is 0 Å². The minimum atomic E-state index is 0.590. The zero-order valence-corrected chi connectivity index (χ0v) is 11.4. The van der Waals surface area contributed by atoms with Crippen LogP contribution in [0.1, 0.15) is 38.2 Å². The van der Waals surface area contributed by atoms with Crippen LogP contribution in [0, 0.1) is 5.92 Å². The van der Waals surface area contributed by atoms with Crippen molar-refractivity contribution in [2.75, 3.05) is 5.88 Å². The number of hydrogen-bond acceptors (Lipinski definition) is 0. The SMILES string of the molecule is CCCCCC(CCl)Cc1cccc(Cl)c1. The van der Waals surface area contributed by atoms with Crippen LogP contribution in [0.4, 0.5) is 0 Å². The Morgan fingerprint density at radius 2 is 2.06 bits per heavy atom. The molecule has 0 aliphatic carbocycles. The van der Waals surface area contributed by atoms with Gasteiger partial charge in [-0.3, -0.25) is 0 Å². The van der Waals surface area contributed by atoms with Crippen LogP contribution in [0.25, 0.3) is 0 Å². The molecule has 2 heteroatoms. The van der Waals surface area contributed by atoms with E-state index in [4.69, 9.17) is 23.2 Å². The van der Waals surface area contributed by atoms with Crippen molar-refractivity contribution in [1.29, 1.82) is 0 Å². The summed E-state index contributed by atoms with van der Waals surface area (Å²) in [5, 5.41) is 0.819. The molecule has 0 nitrogen and oxygen atoms in total. The van der Waals surface area contributed by atoms with Crippen molar-refractivity contribution in [3.8, 4) is 0 Å². The molecule has 0 aliphatic rings. The summed E-state index contributed by atoms with van der Waals surface area (Å²) in [6.07, 6.45) is 6.14. The lowest BCUT2D eigenvalue weighted by Gasteiger charge is -2.13. The van der Waals surface area contributed by atoms with Crippen molar-refractivity contribution in [3.05, 3.63) is 34.9 Å². The fourth-order valence-corrected chi connectivity index (χ4v) is 2.39. The zero-order valence-electron chi connectivity index (χ0n) is 9.89. The van der Waals surface area contributed by atoms with Gasteiger partial charge >= 0.3 is 0 Å². The highest BCUT2D eigenvalue weighted by Crippen LogP contribution is 2.19. The Morgan fingerprint density at radius 3 is 2.69 bits per heavy atom. The molecule has 1 atom stereocenters. The minimum absolute atomic E-state index is 0.590. The first-order valence-electron chi connectivity index (χ1n) is 6.06. The lowest BCUT2D eigenvalue weighted by Crippen LogP contribution is -2.06. The van der Waals surface area contributed by atoms with Gasteiger partial charge in [-0.2, -0.15) is 0 Å². The van der Waals surface area contributed by atoms with Gasteiger partial charge in [0, 0.05) is 10.9 Å². The second-order valence-corrected chi connectivity index (χ2v) is 5.10. The molecule has 1 aromatic rings. The zero-order chi connectivity index (χ0) is 11.8. The van der Waals surface area contributed by atoms with Gasteiger partial charge in [0.1, 0.15) is 0 Å². The average Bonchev–Trinajstić information content (AvgIpc) is 2.28. The summed E-state index contributed by atoms with van der Waals surface area (Å²) in [7, 11) is 0. The number of rotatable bonds is 7. The van der Waals surface area contributed by atoms with Crippen molar-refractivity contribution in [1.82, 2.24) is 0 Å². The predicted molar refractivity (Wildman–Crippen MR) is 73.5 cm³/mol. The number of unbranched alkanes of at least 4 members (excludes halogenated alkanes) is 2. The molecule has 90 valence electrons. The third-order valence-electron chi connectivity index (χ3n) is 2.85. The summed E-state index contributed by atoms with van der Waals surface area (Å²) in [6, 6.07) is 8.10. The van der Waals surface area contributed by atoms with Gasteiger partial charge < -0.3 is 0 Å². The van der Waals surface area contributed by atoms with E-state index in [2.05, 4.69) is 13.0 Å². The van der Waals surface area contributed by atoms with Crippen molar-refractivity contribution >= 4 is 23.2 Å². The lowest BCUT2D eigenvalue weighted by molar-refractivity contribution is 0.498. The molecule has 0 amide bonds. The summed E-state index contributed by atoms with van der Waals surface area (Å²) >= 11 is 12.0. The topological polar surface area (TPSA) is 0 Å². The number of alkyl halides is 1. The van der Waals surface area contributed by atoms with E-state index in [1.165, 1.54) is 31.2 Å². The standard InChI is InChI=1S/C14H20Cl2/c1-2-3-4-6-13(11-15)9-12-7-5-8-14(16)10-12/h5,7-8,10,13H,2-4,6,9,11H2,1H3. The molecule has 0 aliphatic heterocycles. The lowest BCUT2D eigenvalue weighted by atomic mass is 9.95. The highest BCUT2D eigenvalue weighted by molar-refractivity contribution is 6.30. The van der Waals surface area contributed by atoms with Gasteiger partial charge in [-0.15, -0.1) is 11.6 Å². The molecule has 1 rings (SSSR count). The molecular formula is C14H20Cl2. The fourth-order valence-electron chi connectivity index (χ4n) is 1.91. The molecule has 1 unspecified atom stereocenters. The van der Waals surface area contributed by atoms with E-state index in [1.54, 1.807) is 0 Å². The van der Waals surface area contributed by atoms with Crippen molar-refractivity contribution in [3.63, 3.8) is 0 Å². The number of hydrogen-bond donors (Lipinski definition) is 0. The molecular weight excluding hydrogens is 239 g/mol. The third-order valence-corrected chi connectivity index (χ3v) is 3.52. The van der Waals surface area contributed by atoms with E-state index in [-0.39, 0.29) is 0 Å². The van der Waals surface area contributed by atoms with Crippen molar-refractivity contribution in [2.45, 2.75) is 39.0 Å². The molecule has 0 saturated heterocycles. The first-order chi connectivity index (χ1) is 7.76. The van der Waals surface area contributed by atoms with Gasteiger partial charge in [0.2, 0.25) is 0 Å². The van der Waals surface area contributed by atoms with E-state index in [0.29, 0.717) is 5.92 Å². The highest BCUT2D eigenvalue weighted by atomic mass is 35.5. The molecule has 0 aromatic heterocycles. The smallest absolute Gasteiger partial charge is 0.0408 e. The summed E-state index contributed by atoms with van der Waals surface area (Å²) in [4.78, 5) is 0. The van der Waals surface area contributed by atoms with Gasteiger partial charge in [0.05, 0.1) is 0 Å². The molecule has 0 heterocycles. The quantitative estimate of drug-likeness (QED) is 0.459. The minimum Gasteiger partial charge on any atom is -0.126 e. The van der Waals surface area contributed by atoms with Gasteiger partial charge in [-0.1, -0.05) is 49.9 Å². The molecule has 0 bridgehead atoms. The van der Waals surface area contributed by atoms with Crippen LogP contribution in [-0.4, -0.2) is 5.88 Å². The van der Waals surface area contributed by atoms with Crippen LogP contribution in [0.3, 0.4) is 0 Å². The molecule has 0 saturated carbocycles. The fraction of sp³-hybridized carbons (Fsp3) is 0.571. The van der Waals surface area contributed by atoms with Crippen LogP contribution < -0.4 is 0 Å². The van der Waals surface area contributed by atoms with Gasteiger partial charge in [-0.05, 0) is 36.5 Å². The Kier molecular flexibility index (Phi) is 6.91. The highest BCUT2D eigenvalue weighted by Gasteiger charge is 2.08. The predicted octanol–water partition coefficient (Wildman–Crippen LogP) is 5.32. The Labute approximate surface area is 109 Å². The molecule has 0 radical (unpaired) electrons. The maximum absolute atomic E-state index is 6.00. The molecule has 1 aromatic carbocycles. The van der Waals surface area contributed by atoms with Gasteiger partial charge in [0.25, 0.3) is 0 Å². The third kappa shape index (κ3) is 5.23. The van der Waals surface area contributed by atoms with Crippen LogP contribution in [0.2, 0.25) is 5.02 Å². The Hall–Kier alpha value is -0.200.